The highest BCUT2D eigenvalue weighted by Gasteiger charge is 2.16. The standard InChI is InChI=1S/C20H22FN3O3S/c1-26-12-11-24-19(15-5-3-2-4-6-15)22-23-20(24)28-14-17(25)13-27-18-9-7-16(21)8-10-18/h2-10,17,25H,11-14H2,1H3. The van der Waals surface area contributed by atoms with Gasteiger partial charge in [0.25, 0.3) is 0 Å². The molecular formula is C20H22FN3O3S. The van der Waals surface area contributed by atoms with Crippen LogP contribution in [0.5, 0.6) is 5.75 Å². The van der Waals surface area contributed by atoms with Crippen molar-refractivity contribution in [2.45, 2.75) is 17.8 Å². The summed E-state index contributed by atoms with van der Waals surface area (Å²) < 4.78 is 25.6. The number of aliphatic hydroxyl groups excluding tert-OH is 1. The van der Waals surface area contributed by atoms with Crippen molar-refractivity contribution in [1.29, 1.82) is 0 Å². The van der Waals surface area contributed by atoms with Crippen LogP contribution in [0, 0.1) is 5.82 Å². The van der Waals surface area contributed by atoms with E-state index in [0.29, 0.717) is 29.8 Å². The molecule has 0 radical (unpaired) electrons. The molecule has 0 saturated carbocycles. The zero-order valence-electron chi connectivity index (χ0n) is 15.5. The fraction of sp³-hybridized carbons (Fsp3) is 0.300. The molecule has 0 spiro atoms. The number of aromatic nitrogens is 3. The molecule has 148 valence electrons. The second-order valence-electron chi connectivity index (χ2n) is 6.05. The molecule has 0 fully saturated rings. The number of thioether (sulfide) groups is 1. The quantitative estimate of drug-likeness (QED) is 0.524. The molecule has 1 aromatic heterocycles. The Bertz CT molecular complexity index is 859. The largest absolute Gasteiger partial charge is 0.491 e. The van der Waals surface area contributed by atoms with Gasteiger partial charge in [-0.05, 0) is 24.3 Å². The number of rotatable bonds is 10. The Morgan fingerprint density at radius 3 is 2.57 bits per heavy atom. The molecule has 0 aliphatic rings. The van der Waals surface area contributed by atoms with Gasteiger partial charge in [-0.25, -0.2) is 4.39 Å². The van der Waals surface area contributed by atoms with Crippen molar-refractivity contribution in [2.75, 3.05) is 26.1 Å². The zero-order chi connectivity index (χ0) is 19.8. The topological polar surface area (TPSA) is 69.4 Å². The lowest BCUT2D eigenvalue weighted by Gasteiger charge is -2.13. The van der Waals surface area contributed by atoms with Crippen LogP contribution in [0.4, 0.5) is 4.39 Å². The minimum absolute atomic E-state index is 0.108. The van der Waals surface area contributed by atoms with E-state index in [1.807, 2.05) is 34.9 Å². The molecule has 1 atom stereocenters. The first-order valence-electron chi connectivity index (χ1n) is 8.84. The molecule has 1 heterocycles. The number of aliphatic hydroxyl groups is 1. The normalized spacial score (nSPS) is 12.1. The highest BCUT2D eigenvalue weighted by molar-refractivity contribution is 7.99. The van der Waals surface area contributed by atoms with Gasteiger partial charge in [-0.3, -0.25) is 4.57 Å². The summed E-state index contributed by atoms with van der Waals surface area (Å²) in [5.41, 5.74) is 0.971. The maximum atomic E-state index is 12.9. The number of hydrogen-bond acceptors (Lipinski definition) is 6. The van der Waals surface area contributed by atoms with Crippen LogP contribution in [0.15, 0.2) is 59.8 Å². The minimum Gasteiger partial charge on any atom is -0.491 e. The monoisotopic (exact) mass is 403 g/mol. The third-order valence-corrected chi connectivity index (χ3v) is 5.04. The van der Waals surface area contributed by atoms with Crippen LogP contribution >= 0.6 is 11.8 Å². The fourth-order valence-corrected chi connectivity index (χ4v) is 3.39. The fourth-order valence-electron chi connectivity index (χ4n) is 2.52. The number of nitrogens with zero attached hydrogens (tertiary/aromatic N) is 3. The number of methoxy groups -OCH3 is 1. The van der Waals surface area contributed by atoms with Gasteiger partial charge in [0.05, 0.1) is 19.3 Å². The van der Waals surface area contributed by atoms with Crippen molar-refractivity contribution >= 4 is 11.8 Å². The highest BCUT2D eigenvalue weighted by Crippen LogP contribution is 2.24. The molecule has 1 unspecified atom stereocenters. The summed E-state index contributed by atoms with van der Waals surface area (Å²) in [7, 11) is 1.65. The van der Waals surface area contributed by atoms with E-state index < -0.39 is 6.10 Å². The second kappa shape index (κ2) is 10.2. The van der Waals surface area contributed by atoms with Gasteiger partial charge in [-0.15, -0.1) is 10.2 Å². The van der Waals surface area contributed by atoms with Gasteiger partial charge in [0.1, 0.15) is 18.2 Å². The number of halogens is 1. The molecular weight excluding hydrogens is 381 g/mol. The summed E-state index contributed by atoms with van der Waals surface area (Å²) in [6.07, 6.45) is -0.706. The zero-order valence-corrected chi connectivity index (χ0v) is 16.3. The van der Waals surface area contributed by atoms with Gasteiger partial charge in [-0.2, -0.15) is 0 Å². The van der Waals surface area contributed by atoms with Crippen LogP contribution < -0.4 is 4.74 Å². The first kappa shape index (κ1) is 20.3. The molecule has 0 bridgehead atoms. The Balaban J connectivity index is 1.61. The first-order valence-corrected chi connectivity index (χ1v) is 9.82. The molecule has 2 aromatic carbocycles. The predicted molar refractivity (Wildman–Crippen MR) is 106 cm³/mol. The molecule has 8 heteroatoms. The van der Waals surface area contributed by atoms with E-state index in [1.54, 1.807) is 7.11 Å². The van der Waals surface area contributed by atoms with E-state index in [0.717, 1.165) is 11.4 Å². The molecule has 28 heavy (non-hydrogen) atoms. The molecule has 0 aliphatic heterocycles. The van der Waals surface area contributed by atoms with Crippen molar-refractivity contribution in [2.24, 2.45) is 0 Å². The maximum absolute atomic E-state index is 12.9. The number of benzene rings is 2. The van der Waals surface area contributed by atoms with Crippen molar-refractivity contribution in [1.82, 2.24) is 14.8 Å². The van der Waals surface area contributed by atoms with Crippen LogP contribution in [-0.2, 0) is 11.3 Å². The lowest BCUT2D eigenvalue weighted by molar-refractivity contribution is 0.126. The summed E-state index contributed by atoms with van der Waals surface area (Å²) in [6.45, 7) is 1.25. The van der Waals surface area contributed by atoms with E-state index in [9.17, 15) is 9.50 Å². The van der Waals surface area contributed by atoms with Gasteiger partial charge >= 0.3 is 0 Å². The summed E-state index contributed by atoms with van der Waals surface area (Å²) in [5, 5.41) is 19.5. The van der Waals surface area contributed by atoms with Gasteiger partial charge in [0, 0.05) is 18.4 Å². The van der Waals surface area contributed by atoms with E-state index in [1.165, 1.54) is 36.0 Å². The molecule has 1 N–H and O–H groups in total. The lowest BCUT2D eigenvalue weighted by atomic mass is 10.2. The van der Waals surface area contributed by atoms with Crippen molar-refractivity contribution in [3.63, 3.8) is 0 Å². The number of hydrogen-bond donors (Lipinski definition) is 1. The minimum atomic E-state index is -0.706. The van der Waals surface area contributed by atoms with Crippen LogP contribution in [0.25, 0.3) is 11.4 Å². The molecule has 3 rings (SSSR count). The maximum Gasteiger partial charge on any atom is 0.191 e. The Labute approximate surface area is 167 Å². The van der Waals surface area contributed by atoms with Gasteiger partial charge in [0.2, 0.25) is 0 Å². The summed E-state index contributed by atoms with van der Waals surface area (Å²) >= 11 is 1.40. The van der Waals surface area contributed by atoms with Crippen LogP contribution in [-0.4, -0.2) is 52.1 Å². The molecule has 0 amide bonds. The predicted octanol–water partition coefficient (Wildman–Crippen LogP) is 3.26. The van der Waals surface area contributed by atoms with Crippen LogP contribution in [0.3, 0.4) is 0 Å². The van der Waals surface area contributed by atoms with Crippen molar-refractivity contribution in [3.05, 3.63) is 60.4 Å². The van der Waals surface area contributed by atoms with Gasteiger partial charge < -0.3 is 14.6 Å². The Hall–Kier alpha value is -2.42. The third-order valence-electron chi connectivity index (χ3n) is 3.93. The van der Waals surface area contributed by atoms with Crippen LogP contribution in [0.1, 0.15) is 0 Å². The van der Waals surface area contributed by atoms with Crippen molar-refractivity contribution in [3.8, 4) is 17.1 Å². The lowest BCUT2D eigenvalue weighted by Crippen LogP contribution is -2.20. The molecule has 0 aliphatic carbocycles. The average molecular weight is 403 g/mol. The SMILES string of the molecule is COCCn1c(SCC(O)COc2ccc(F)cc2)nnc1-c1ccccc1. The molecule has 0 saturated heterocycles. The van der Waals surface area contributed by atoms with E-state index in [-0.39, 0.29) is 12.4 Å². The first-order chi connectivity index (χ1) is 13.7. The van der Waals surface area contributed by atoms with Crippen molar-refractivity contribution < 1.29 is 19.0 Å². The van der Waals surface area contributed by atoms with E-state index in [4.69, 9.17) is 9.47 Å². The van der Waals surface area contributed by atoms with Gasteiger partial charge in [-0.1, -0.05) is 42.1 Å². The summed E-state index contributed by atoms with van der Waals surface area (Å²) in [6, 6.07) is 15.5. The Morgan fingerprint density at radius 1 is 1.11 bits per heavy atom. The Kier molecular flexibility index (Phi) is 7.41. The molecule has 6 nitrogen and oxygen atoms in total. The second-order valence-corrected chi connectivity index (χ2v) is 7.03. The highest BCUT2D eigenvalue weighted by atomic mass is 32.2. The summed E-state index contributed by atoms with van der Waals surface area (Å²) in [5.74, 6) is 1.34. The molecule has 3 aromatic rings. The third kappa shape index (κ3) is 5.54. The average Bonchev–Trinajstić information content (AvgIpc) is 3.13. The Morgan fingerprint density at radius 2 is 1.86 bits per heavy atom. The smallest absolute Gasteiger partial charge is 0.191 e. The number of ether oxygens (including phenoxy) is 2. The van der Waals surface area contributed by atoms with Crippen LogP contribution in [0.2, 0.25) is 0 Å². The van der Waals surface area contributed by atoms with E-state index >= 15 is 0 Å². The van der Waals surface area contributed by atoms with E-state index in [2.05, 4.69) is 10.2 Å². The van der Waals surface area contributed by atoms with Gasteiger partial charge in [0.15, 0.2) is 11.0 Å². The summed E-state index contributed by atoms with van der Waals surface area (Å²) in [4.78, 5) is 0.